The van der Waals surface area contributed by atoms with E-state index in [-0.39, 0.29) is 0 Å². The molecule has 1 heterocycles. The molecule has 20 heavy (non-hydrogen) atoms. The fourth-order valence-electron chi connectivity index (χ4n) is 3.16. The van der Waals surface area contributed by atoms with Crippen molar-refractivity contribution in [1.82, 2.24) is 10.3 Å². The number of benzene rings is 1. The molecule has 1 aliphatic rings. The van der Waals surface area contributed by atoms with E-state index in [1.165, 1.54) is 23.2 Å². The average Bonchev–Trinajstić information content (AvgIpc) is 2.91. The number of nitrogens with one attached hydrogen (secondary N) is 1. The summed E-state index contributed by atoms with van der Waals surface area (Å²) in [6, 6.07) is 12.8. The van der Waals surface area contributed by atoms with Crippen molar-refractivity contribution in [2.24, 2.45) is 0 Å². The Morgan fingerprint density at radius 1 is 1.30 bits per heavy atom. The smallest absolute Gasteiger partial charge is 0.0482 e. The van der Waals surface area contributed by atoms with Gasteiger partial charge in [0.15, 0.2) is 0 Å². The van der Waals surface area contributed by atoms with Crippen LogP contribution in [0.1, 0.15) is 29.2 Å². The molecule has 1 aromatic carbocycles. The van der Waals surface area contributed by atoms with Crippen LogP contribution in [0.15, 0.2) is 42.6 Å². The van der Waals surface area contributed by atoms with Gasteiger partial charge in [-0.1, -0.05) is 29.8 Å². The van der Waals surface area contributed by atoms with Gasteiger partial charge in [-0.15, -0.1) is 0 Å². The fourth-order valence-corrected chi connectivity index (χ4v) is 3.28. The minimum atomic E-state index is 0.423. The zero-order chi connectivity index (χ0) is 13.9. The molecule has 0 aliphatic heterocycles. The highest BCUT2D eigenvalue weighted by Gasteiger charge is 2.30. The number of rotatable bonds is 4. The topological polar surface area (TPSA) is 24.9 Å². The molecule has 0 fully saturated rings. The molecule has 0 spiro atoms. The second-order valence-corrected chi connectivity index (χ2v) is 5.86. The van der Waals surface area contributed by atoms with Crippen LogP contribution in [0.25, 0.3) is 0 Å². The molecule has 3 heteroatoms. The van der Waals surface area contributed by atoms with E-state index in [0.29, 0.717) is 12.0 Å². The van der Waals surface area contributed by atoms with Gasteiger partial charge in [-0.05, 0) is 55.6 Å². The van der Waals surface area contributed by atoms with E-state index < -0.39 is 0 Å². The first kappa shape index (κ1) is 13.6. The van der Waals surface area contributed by atoms with E-state index in [4.69, 9.17) is 11.6 Å². The Hall–Kier alpha value is -1.38. The third kappa shape index (κ3) is 2.72. The monoisotopic (exact) mass is 286 g/mol. The van der Waals surface area contributed by atoms with Crippen LogP contribution >= 0.6 is 11.6 Å². The molecule has 0 amide bonds. The number of pyridine rings is 1. The zero-order valence-corrected chi connectivity index (χ0v) is 12.4. The molecule has 2 unspecified atom stereocenters. The van der Waals surface area contributed by atoms with Gasteiger partial charge in [0, 0.05) is 28.9 Å². The minimum Gasteiger partial charge on any atom is -0.316 e. The summed E-state index contributed by atoms with van der Waals surface area (Å²) in [7, 11) is 2.04. The summed E-state index contributed by atoms with van der Waals surface area (Å²) in [4.78, 5) is 4.60. The minimum absolute atomic E-state index is 0.423. The molecular formula is C17H19ClN2. The SMILES string of the molecule is CNC(Cc1ccc(Cl)cc1)C1CCc2cccnc21. The number of fused-ring (bicyclic) bond motifs is 1. The van der Waals surface area contributed by atoms with Gasteiger partial charge in [-0.25, -0.2) is 0 Å². The molecule has 1 aliphatic carbocycles. The molecule has 0 radical (unpaired) electrons. The lowest BCUT2D eigenvalue weighted by atomic mass is 9.91. The molecule has 0 saturated carbocycles. The van der Waals surface area contributed by atoms with Crippen LogP contribution in [0, 0.1) is 0 Å². The van der Waals surface area contributed by atoms with Crippen LogP contribution in [-0.4, -0.2) is 18.1 Å². The van der Waals surface area contributed by atoms with Crippen LogP contribution < -0.4 is 5.32 Å². The Morgan fingerprint density at radius 2 is 2.10 bits per heavy atom. The molecule has 2 aromatic rings. The summed E-state index contributed by atoms with van der Waals surface area (Å²) in [6.07, 6.45) is 5.25. The quantitative estimate of drug-likeness (QED) is 0.929. The van der Waals surface area contributed by atoms with E-state index >= 15 is 0 Å². The van der Waals surface area contributed by atoms with Crippen LogP contribution in [0.2, 0.25) is 5.02 Å². The van der Waals surface area contributed by atoms with E-state index in [9.17, 15) is 0 Å². The average molecular weight is 287 g/mol. The van der Waals surface area contributed by atoms with Crippen molar-refractivity contribution < 1.29 is 0 Å². The fraction of sp³-hybridized carbons (Fsp3) is 0.353. The normalized spacial score (nSPS) is 18.8. The highest BCUT2D eigenvalue weighted by molar-refractivity contribution is 6.30. The lowest BCUT2D eigenvalue weighted by Gasteiger charge is -2.23. The van der Waals surface area contributed by atoms with Crippen LogP contribution in [0.3, 0.4) is 0 Å². The maximum Gasteiger partial charge on any atom is 0.0482 e. The maximum absolute atomic E-state index is 5.95. The third-order valence-electron chi connectivity index (χ3n) is 4.23. The predicted molar refractivity (Wildman–Crippen MR) is 83.3 cm³/mol. The molecule has 104 valence electrons. The van der Waals surface area contributed by atoms with Crippen molar-refractivity contribution in [2.45, 2.75) is 31.2 Å². The Kier molecular flexibility index (Phi) is 4.04. The maximum atomic E-state index is 5.95. The Balaban J connectivity index is 1.79. The summed E-state index contributed by atoms with van der Waals surface area (Å²) in [5.41, 5.74) is 4.01. The highest BCUT2D eigenvalue weighted by atomic mass is 35.5. The van der Waals surface area contributed by atoms with E-state index in [1.54, 1.807) is 0 Å². The van der Waals surface area contributed by atoms with Gasteiger partial charge < -0.3 is 5.32 Å². The van der Waals surface area contributed by atoms with Gasteiger partial charge in [0.1, 0.15) is 0 Å². The Labute approximate surface area is 125 Å². The van der Waals surface area contributed by atoms with E-state index in [0.717, 1.165) is 17.9 Å². The Bertz CT molecular complexity index is 580. The first-order chi connectivity index (χ1) is 9.78. The summed E-state index contributed by atoms with van der Waals surface area (Å²) in [5.74, 6) is 0.506. The first-order valence-electron chi connectivity index (χ1n) is 7.13. The van der Waals surface area contributed by atoms with Crippen molar-refractivity contribution >= 4 is 11.6 Å². The number of likely N-dealkylation sites (N-methyl/N-ethyl adjacent to an activating group) is 1. The van der Waals surface area contributed by atoms with Gasteiger partial charge in [-0.2, -0.15) is 0 Å². The predicted octanol–water partition coefficient (Wildman–Crippen LogP) is 3.60. The van der Waals surface area contributed by atoms with Crippen molar-refractivity contribution in [1.29, 1.82) is 0 Å². The Morgan fingerprint density at radius 3 is 2.85 bits per heavy atom. The van der Waals surface area contributed by atoms with Crippen LogP contribution in [0.5, 0.6) is 0 Å². The number of halogens is 1. The first-order valence-corrected chi connectivity index (χ1v) is 7.51. The zero-order valence-electron chi connectivity index (χ0n) is 11.6. The number of aryl methyl sites for hydroxylation is 1. The lowest BCUT2D eigenvalue weighted by molar-refractivity contribution is 0.450. The van der Waals surface area contributed by atoms with Gasteiger partial charge in [-0.3, -0.25) is 4.98 Å². The number of hydrogen-bond donors (Lipinski definition) is 1. The highest BCUT2D eigenvalue weighted by Crippen LogP contribution is 2.34. The summed E-state index contributed by atoms with van der Waals surface area (Å²) >= 11 is 5.95. The molecule has 2 atom stereocenters. The van der Waals surface area contributed by atoms with E-state index in [1.807, 2.05) is 31.4 Å². The summed E-state index contributed by atoms with van der Waals surface area (Å²) < 4.78 is 0. The van der Waals surface area contributed by atoms with Crippen LogP contribution in [-0.2, 0) is 12.8 Å². The summed E-state index contributed by atoms with van der Waals surface area (Å²) in [6.45, 7) is 0. The van der Waals surface area contributed by atoms with Crippen molar-refractivity contribution in [2.75, 3.05) is 7.05 Å². The molecule has 2 nitrogen and oxygen atoms in total. The second kappa shape index (κ2) is 5.94. The molecule has 3 rings (SSSR count). The second-order valence-electron chi connectivity index (χ2n) is 5.42. The van der Waals surface area contributed by atoms with Crippen LogP contribution in [0.4, 0.5) is 0 Å². The number of hydrogen-bond acceptors (Lipinski definition) is 2. The van der Waals surface area contributed by atoms with Gasteiger partial charge in [0.05, 0.1) is 0 Å². The largest absolute Gasteiger partial charge is 0.316 e. The van der Waals surface area contributed by atoms with Crippen molar-refractivity contribution in [3.8, 4) is 0 Å². The van der Waals surface area contributed by atoms with E-state index in [2.05, 4.69) is 28.5 Å². The molecule has 0 saturated heterocycles. The molecular weight excluding hydrogens is 268 g/mol. The molecule has 0 bridgehead atoms. The number of aromatic nitrogens is 1. The molecule has 1 aromatic heterocycles. The van der Waals surface area contributed by atoms with Crippen molar-refractivity contribution in [3.63, 3.8) is 0 Å². The number of nitrogens with zero attached hydrogens (tertiary/aromatic N) is 1. The van der Waals surface area contributed by atoms with Gasteiger partial charge in [0.25, 0.3) is 0 Å². The summed E-state index contributed by atoms with van der Waals surface area (Å²) in [5, 5.41) is 4.27. The van der Waals surface area contributed by atoms with Crippen molar-refractivity contribution in [3.05, 3.63) is 64.4 Å². The molecule has 1 N–H and O–H groups in total. The standard InChI is InChI=1S/C17H19ClN2/c1-19-16(11-12-4-7-14(18)8-5-12)15-9-6-13-3-2-10-20-17(13)15/h2-5,7-8,10,15-16,19H,6,9,11H2,1H3. The van der Waals surface area contributed by atoms with Gasteiger partial charge in [0.2, 0.25) is 0 Å². The third-order valence-corrected chi connectivity index (χ3v) is 4.48. The van der Waals surface area contributed by atoms with Gasteiger partial charge >= 0.3 is 0 Å². The lowest BCUT2D eigenvalue weighted by Crippen LogP contribution is -2.33.